The molecule has 2 aromatic heterocycles. The SMILES string of the molecule is O=S(=O)(NC[C@H](O)c1cc2ccccc2s1)c1cccs1. The van der Waals surface area contributed by atoms with Crippen molar-refractivity contribution in [1.29, 1.82) is 0 Å². The Balaban J connectivity index is 1.73. The van der Waals surface area contributed by atoms with E-state index in [0.717, 1.165) is 26.3 Å². The van der Waals surface area contributed by atoms with E-state index in [2.05, 4.69) is 4.72 Å². The van der Waals surface area contributed by atoms with Gasteiger partial charge in [0.1, 0.15) is 10.3 Å². The maximum Gasteiger partial charge on any atom is 0.250 e. The van der Waals surface area contributed by atoms with Crippen molar-refractivity contribution >= 4 is 42.8 Å². The molecule has 0 bridgehead atoms. The van der Waals surface area contributed by atoms with Gasteiger partial charge in [0.2, 0.25) is 10.0 Å². The Morgan fingerprint density at radius 1 is 1.19 bits per heavy atom. The normalized spacial score (nSPS) is 13.6. The Hall–Kier alpha value is -1.25. The van der Waals surface area contributed by atoms with Gasteiger partial charge in [-0.15, -0.1) is 22.7 Å². The molecule has 21 heavy (non-hydrogen) atoms. The summed E-state index contributed by atoms with van der Waals surface area (Å²) in [5.41, 5.74) is 0. The number of hydrogen-bond donors (Lipinski definition) is 2. The maximum absolute atomic E-state index is 12.0. The first-order chi connectivity index (χ1) is 10.1. The smallest absolute Gasteiger partial charge is 0.250 e. The molecule has 0 radical (unpaired) electrons. The number of aliphatic hydroxyl groups is 1. The van der Waals surface area contributed by atoms with Crippen LogP contribution in [0.1, 0.15) is 11.0 Å². The van der Waals surface area contributed by atoms with Gasteiger partial charge in [0, 0.05) is 16.1 Å². The highest BCUT2D eigenvalue weighted by atomic mass is 32.2. The number of aliphatic hydroxyl groups excluding tert-OH is 1. The molecular formula is C14H13NO3S3. The summed E-state index contributed by atoms with van der Waals surface area (Å²) in [6.45, 7) is -0.0347. The molecular weight excluding hydrogens is 326 g/mol. The van der Waals surface area contributed by atoms with E-state index in [0.29, 0.717) is 0 Å². The van der Waals surface area contributed by atoms with E-state index in [1.807, 2.05) is 30.3 Å². The van der Waals surface area contributed by atoms with Gasteiger partial charge in [-0.05, 0) is 29.0 Å². The fraction of sp³-hybridized carbons (Fsp3) is 0.143. The van der Waals surface area contributed by atoms with Gasteiger partial charge in [0.15, 0.2) is 0 Å². The molecule has 0 amide bonds. The molecule has 3 rings (SSSR count). The molecule has 2 heterocycles. The van der Waals surface area contributed by atoms with E-state index < -0.39 is 16.1 Å². The Bertz CT molecular complexity index is 804. The number of fused-ring (bicyclic) bond motifs is 1. The number of rotatable bonds is 5. The van der Waals surface area contributed by atoms with Gasteiger partial charge in [0.05, 0.1) is 0 Å². The van der Waals surface area contributed by atoms with E-state index in [-0.39, 0.29) is 10.8 Å². The molecule has 1 aromatic carbocycles. The zero-order valence-electron chi connectivity index (χ0n) is 10.9. The minimum Gasteiger partial charge on any atom is -0.386 e. The summed E-state index contributed by atoms with van der Waals surface area (Å²) < 4.78 is 27.8. The fourth-order valence-electron chi connectivity index (χ4n) is 1.94. The van der Waals surface area contributed by atoms with Gasteiger partial charge < -0.3 is 5.11 Å². The van der Waals surface area contributed by atoms with Gasteiger partial charge in [-0.3, -0.25) is 0 Å². The molecule has 0 fully saturated rings. The van der Waals surface area contributed by atoms with Crippen LogP contribution in [0.2, 0.25) is 0 Å². The Labute approximate surface area is 130 Å². The van der Waals surface area contributed by atoms with Crippen LogP contribution in [0.3, 0.4) is 0 Å². The first-order valence-corrected chi connectivity index (χ1v) is 9.44. The Morgan fingerprint density at radius 2 is 2.00 bits per heavy atom. The van der Waals surface area contributed by atoms with Crippen LogP contribution >= 0.6 is 22.7 Å². The molecule has 0 spiro atoms. The average molecular weight is 339 g/mol. The predicted octanol–water partition coefficient (Wildman–Crippen LogP) is 2.97. The lowest BCUT2D eigenvalue weighted by Crippen LogP contribution is -2.27. The van der Waals surface area contributed by atoms with Gasteiger partial charge in [-0.1, -0.05) is 24.3 Å². The van der Waals surface area contributed by atoms with Crippen molar-refractivity contribution in [2.45, 2.75) is 10.3 Å². The Morgan fingerprint density at radius 3 is 2.71 bits per heavy atom. The third-order valence-electron chi connectivity index (χ3n) is 3.00. The second-order valence-corrected chi connectivity index (χ2v) is 8.54. The monoisotopic (exact) mass is 339 g/mol. The van der Waals surface area contributed by atoms with Gasteiger partial charge in [-0.25, -0.2) is 13.1 Å². The summed E-state index contributed by atoms with van der Waals surface area (Å²) in [6.07, 6.45) is -0.850. The van der Waals surface area contributed by atoms with Crippen LogP contribution in [0.4, 0.5) is 0 Å². The number of benzene rings is 1. The molecule has 0 unspecified atom stereocenters. The second-order valence-electron chi connectivity index (χ2n) is 4.49. The van der Waals surface area contributed by atoms with Crippen molar-refractivity contribution in [3.8, 4) is 0 Å². The van der Waals surface area contributed by atoms with E-state index in [4.69, 9.17) is 0 Å². The number of thiophene rings is 2. The van der Waals surface area contributed by atoms with Gasteiger partial charge >= 0.3 is 0 Å². The quantitative estimate of drug-likeness (QED) is 0.751. The van der Waals surface area contributed by atoms with Crippen LogP contribution in [0.25, 0.3) is 10.1 Å². The summed E-state index contributed by atoms with van der Waals surface area (Å²) in [4.78, 5) is 0.755. The first kappa shape index (κ1) is 14.7. The number of hydrogen-bond acceptors (Lipinski definition) is 5. The van der Waals surface area contributed by atoms with Crippen molar-refractivity contribution in [1.82, 2.24) is 4.72 Å². The highest BCUT2D eigenvalue weighted by Gasteiger charge is 2.18. The molecule has 1 atom stereocenters. The summed E-state index contributed by atoms with van der Waals surface area (Å²) in [6, 6.07) is 12.9. The maximum atomic E-state index is 12.0. The first-order valence-electron chi connectivity index (χ1n) is 6.26. The van der Waals surface area contributed by atoms with Crippen LogP contribution in [-0.4, -0.2) is 20.1 Å². The van der Waals surface area contributed by atoms with Crippen molar-refractivity contribution in [2.75, 3.05) is 6.54 Å². The van der Waals surface area contributed by atoms with Crippen LogP contribution in [0, 0.1) is 0 Å². The zero-order valence-corrected chi connectivity index (χ0v) is 13.3. The van der Waals surface area contributed by atoms with Crippen LogP contribution in [0.5, 0.6) is 0 Å². The van der Waals surface area contributed by atoms with Gasteiger partial charge in [-0.2, -0.15) is 0 Å². The molecule has 0 aliphatic heterocycles. The molecule has 0 saturated carbocycles. The average Bonchev–Trinajstić information content (AvgIpc) is 3.13. The molecule has 0 saturated heterocycles. The van der Waals surface area contributed by atoms with Gasteiger partial charge in [0.25, 0.3) is 0 Å². The molecule has 7 heteroatoms. The lowest BCUT2D eigenvalue weighted by molar-refractivity contribution is 0.186. The molecule has 0 aliphatic rings. The van der Waals surface area contributed by atoms with Crippen molar-refractivity contribution in [3.05, 3.63) is 52.7 Å². The molecule has 2 N–H and O–H groups in total. The van der Waals surface area contributed by atoms with Crippen LogP contribution < -0.4 is 4.72 Å². The van der Waals surface area contributed by atoms with Crippen molar-refractivity contribution in [3.63, 3.8) is 0 Å². The lowest BCUT2D eigenvalue weighted by Gasteiger charge is -2.09. The van der Waals surface area contributed by atoms with E-state index in [1.54, 1.807) is 17.5 Å². The summed E-state index contributed by atoms with van der Waals surface area (Å²) >= 11 is 2.62. The number of nitrogens with one attached hydrogen (secondary N) is 1. The summed E-state index contributed by atoms with van der Waals surface area (Å²) in [5.74, 6) is 0. The summed E-state index contributed by atoms with van der Waals surface area (Å²) in [7, 11) is -3.54. The molecule has 3 aromatic rings. The minimum atomic E-state index is -3.54. The second kappa shape index (κ2) is 5.86. The van der Waals surface area contributed by atoms with E-state index in [9.17, 15) is 13.5 Å². The highest BCUT2D eigenvalue weighted by molar-refractivity contribution is 7.91. The molecule has 0 aliphatic carbocycles. The van der Waals surface area contributed by atoms with Crippen molar-refractivity contribution < 1.29 is 13.5 Å². The van der Waals surface area contributed by atoms with E-state index >= 15 is 0 Å². The summed E-state index contributed by atoms with van der Waals surface area (Å²) in [5, 5.41) is 12.9. The predicted molar refractivity (Wildman–Crippen MR) is 86.3 cm³/mol. The Kier molecular flexibility index (Phi) is 4.10. The van der Waals surface area contributed by atoms with Crippen LogP contribution in [-0.2, 0) is 10.0 Å². The number of sulfonamides is 1. The largest absolute Gasteiger partial charge is 0.386 e. The zero-order chi connectivity index (χ0) is 14.9. The van der Waals surface area contributed by atoms with E-state index in [1.165, 1.54) is 11.3 Å². The lowest BCUT2D eigenvalue weighted by atomic mass is 10.2. The van der Waals surface area contributed by atoms with Crippen molar-refractivity contribution in [2.24, 2.45) is 0 Å². The fourth-order valence-corrected chi connectivity index (χ4v) is 5.07. The minimum absolute atomic E-state index is 0.0347. The third-order valence-corrected chi connectivity index (χ3v) is 7.04. The van der Waals surface area contributed by atoms with Crippen LogP contribution in [0.15, 0.2) is 52.1 Å². The molecule has 110 valence electrons. The molecule has 4 nitrogen and oxygen atoms in total. The topological polar surface area (TPSA) is 66.4 Å². The standard InChI is InChI=1S/C14H13NO3S3/c16-11(9-15-21(17,18)14-6-3-7-19-14)13-8-10-4-1-2-5-12(10)20-13/h1-8,11,15-16H,9H2/t11-/m0/s1. The highest BCUT2D eigenvalue weighted by Crippen LogP contribution is 2.29. The third kappa shape index (κ3) is 3.17.